The van der Waals surface area contributed by atoms with Gasteiger partial charge in [-0.3, -0.25) is 10.1 Å². The van der Waals surface area contributed by atoms with Gasteiger partial charge in [0.05, 0.1) is 22.6 Å². The molecule has 0 aliphatic carbocycles. The molecular weight excluding hydrogens is 369 g/mol. The number of non-ortho nitro benzene ring substituents is 1. The van der Waals surface area contributed by atoms with E-state index in [1.807, 2.05) is 0 Å². The van der Waals surface area contributed by atoms with E-state index in [0.29, 0.717) is 25.5 Å². The minimum Gasteiger partial charge on any atom is -0.491 e. The summed E-state index contributed by atoms with van der Waals surface area (Å²) in [4.78, 5) is 23.7. The van der Waals surface area contributed by atoms with E-state index in [0.717, 1.165) is 12.1 Å². The molecule has 0 radical (unpaired) electrons. The Balaban J connectivity index is 2.16. The highest BCUT2D eigenvalue weighted by Crippen LogP contribution is 2.38. The van der Waals surface area contributed by atoms with E-state index in [2.05, 4.69) is 0 Å². The Hall–Kier alpha value is -2.52. The summed E-state index contributed by atoms with van der Waals surface area (Å²) in [5, 5.41) is 10.8. The molecule has 10 heteroatoms. The molecule has 1 amide bonds. The van der Waals surface area contributed by atoms with E-state index in [4.69, 9.17) is 9.47 Å². The van der Waals surface area contributed by atoms with E-state index in [1.54, 1.807) is 20.8 Å². The predicted octanol–water partition coefficient (Wildman–Crippen LogP) is 4.39. The number of nitro benzene ring substituents is 1. The number of halogens is 3. The Kier molecular flexibility index (Phi) is 5.86. The van der Waals surface area contributed by atoms with Gasteiger partial charge in [0.1, 0.15) is 18.0 Å². The van der Waals surface area contributed by atoms with Gasteiger partial charge in [-0.1, -0.05) is 0 Å². The first kappa shape index (κ1) is 20.8. The molecule has 1 aliphatic heterocycles. The number of rotatable bonds is 4. The quantitative estimate of drug-likeness (QED) is 0.562. The van der Waals surface area contributed by atoms with Gasteiger partial charge in [-0.15, -0.1) is 0 Å². The summed E-state index contributed by atoms with van der Waals surface area (Å²) in [6, 6.07) is 1.67. The second-order valence-corrected chi connectivity index (χ2v) is 7.22. The van der Waals surface area contributed by atoms with Gasteiger partial charge in [0.15, 0.2) is 0 Å². The van der Waals surface area contributed by atoms with Gasteiger partial charge < -0.3 is 14.4 Å². The first-order chi connectivity index (χ1) is 12.4. The van der Waals surface area contributed by atoms with Crippen molar-refractivity contribution in [3.05, 3.63) is 33.9 Å². The molecule has 7 nitrogen and oxygen atoms in total. The van der Waals surface area contributed by atoms with E-state index >= 15 is 0 Å². The van der Waals surface area contributed by atoms with Crippen molar-refractivity contribution in [1.82, 2.24) is 4.90 Å². The van der Waals surface area contributed by atoms with Gasteiger partial charge in [0.25, 0.3) is 5.69 Å². The van der Waals surface area contributed by atoms with Gasteiger partial charge in [-0.2, -0.15) is 13.2 Å². The standard InChI is InChI=1S/C17H21F3N2O5/c1-16(2,3)27-15(23)21-8-4-5-12(21)10-26-14-9-11(22(24)25)6-7-13(14)17(18,19)20/h6-7,9,12H,4-5,8,10H2,1-3H3. The number of alkyl halides is 3. The molecule has 150 valence electrons. The Bertz CT molecular complexity index is 716. The first-order valence-electron chi connectivity index (χ1n) is 8.36. The number of ether oxygens (including phenoxy) is 2. The number of nitro groups is 1. The largest absolute Gasteiger partial charge is 0.491 e. The maximum atomic E-state index is 13.1. The summed E-state index contributed by atoms with van der Waals surface area (Å²) in [5.41, 5.74) is -2.31. The van der Waals surface area contributed by atoms with Crippen LogP contribution in [0.25, 0.3) is 0 Å². The Labute approximate surface area is 154 Å². The summed E-state index contributed by atoms with van der Waals surface area (Å²) >= 11 is 0. The lowest BCUT2D eigenvalue weighted by atomic mass is 10.1. The van der Waals surface area contributed by atoms with Crippen LogP contribution in [0.15, 0.2) is 18.2 Å². The van der Waals surface area contributed by atoms with Crippen LogP contribution in [0, 0.1) is 10.1 Å². The van der Waals surface area contributed by atoms with E-state index in [9.17, 15) is 28.1 Å². The van der Waals surface area contributed by atoms with Crippen LogP contribution in [0.3, 0.4) is 0 Å². The molecule has 0 saturated carbocycles. The monoisotopic (exact) mass is 390 g/mol. The van der Waals surface area contributed by atoms with Crippen molar-refractivity contribution in [2.24, 2.45) is 0 Å². The van der Waals surface area contributed by atoms with Crippen LogP contribution in [0.1, 0.15) is 39.2 Å². The van der Waals surface area contributed by atoms with E-state index < -0.39 is 45.8 Å². The lowest BCUT2D eigenvalue weighted by Crippen LogP contribution is -2.42. The van der Waals surface area contributed by atoms with Gasteiger partial charge in [0.2, 0.25) is 0 Å². The zero-order valence-electron chi connectivity index (χ0n) is 15.2. The zero-order chi connectivity index (χ0) is 20.4. The van der Waals surface area contributed by atoms with Crippen molar-refractivity contribution in [3.8, 4) is 5.75 Å². The van der Waals surface area contributed by atoms with Crippen LogP contribution in [0.5, 0.6) is 5.75 Å². The van der Waals surface area contributed by atoms with Crippen LogP contribution < -0.4 is 4.74 Å². The van der Waals surface area contributed by atoms with Crippen molar-refractivity contribution >= 4 is 11.8 Å². The number of carbonyl (C=O) groups excluding carboxylic acids is 1. The lowest BCUT2D eigenvalue weighted by Gasteiger charge is -2.28. The second kappa shape index (κ2) is 7.61. The van der Waals surface area contributed by atoms with Gasteiger partial charge in [-0.25, -0.2) is 4.79 Å². The van der Waals surface area contributed by atoms with Gasteiger partial charge in [-0.05, 0) is 39.7 Å². The molecule has 1 aromatic carbocycles. The smallest absolute Gasteiger partial charge is 0.419 e. The van der Waals surface area contributed by atoms with Gasteiger partial charge in [0, 0.05) is 12.6 Å². The van der Waals surface area contributed by atoms with Gasteiger partial charge >= 0.3 is 12.3 Å². The fourth-order valence-electron chi connectivity index (χ4n) is 2.73. The van der Waals surface area contributed by atoms with Crippen molar-refractivity contribution in [3.63, 3.8) is 0 Å². The van der Waals surface area contributed by atoms with Crippen LogP contribution in [0.2, 0.25) is 0 Å². The normalized spacial score (nSPS) is 17.7. The number of likely N-dealkylation sites (tertiary alicyclic amines) is 1. The van der Waals surface area contributed by atoms with E-state index in [1.165, 1.54) is 4.90 Å². The second-order valence-electron chi connectivity index (χ2n) is 7.22. The Morgan fingerprint density at radius 2 is 2.00 bits per heavy atom. The average Bonchev–Trinajstić information content (AvgIpc) is 2.98. The molecular formula is C17H21F3N2O5. The third-order valence-corrected chi connectivity index (χ3v) is 3.92. The van der Waals surface area contributed by atoms with Crippen LogP contribution in [-0.4, -0.2) is 40.7 Å². The summed E-state index contributed by atoms with van der Waals surface area (Å²) in [7, 11) is 0. The van der Waals surface area contributed by atoms with Crippen LogP contribution in [0.4, 0.5) is 23.7 Å². The molecule has 1 saturated heterocycles. The molecule has 0 spiro atoms. The number of hydrogen-bond acceptors (Lipinski definition) is 5. The highest BCUT2D eigenvalue weighted by molar-refractivity contribution is 5.69. The predicted molar refractivity (Wildman–Crippen MR) is 89.6 cm³/mol. The Morgan fingerprint density at radius 3 is 2.56 bits per heavy atom. The molecule has 1 aliphatic rings. The third-order valence-electron chi connectivity index (χ3n) is 3.92. The minimum atomic E-state index is -4.72. The molecule has 0 aromatic heterocycles. The summed E-state index contributed by atoms with van der Waals surface area (Å²) < 4.78 is 50.0. The molecule has 1 atom stereocenters. The summed E-state index contributed by atoms with van der Waals surface area (Å²) in [5.74, 6) is -0.632. The van der Waals surface area contributed by atoms with Crippen molar-refractivity contribution in [2.45, 2.75) is 51.4 Å². The SMILES string of the molecule is CC(C)(C)OC(=O)N1CCCC1COc1cc([N+](=O)[O-])ccc1C(F)(F)F. The summed E-state index contributed by atoms with van der Waals surface area (Å²) in [6.45, 7) is 5.33. The fourth-order valence-corrected chi connectivity index (χ4v) is 2.73. The van der Waals surface area contributed by atoms with Crippen LogP contribution in [-0.2, 0) is 10.9 Å². The molecule has 1 unspecified atom stereocenters. The highest BCUT2D eigenvalue weighted by Gasteiger charge is 2.37. The molecule has 1 aromatic rings. The molecule has 0 bridgehead atoms. The van der Waals surface area contributed by atoms with Crippen molar-refractivity contribution in [2.75, 3.05) is 13.2 Å². The van der Waals surface area contributed by atoms with Crippen LogP contribution >= 0.6 is 0 Å². The topological polar surface area (TPSA) is 81.9 Å². The number of carbonyl (C=O) groups is 1. The third kappa shape index (κ3) is 5.48. The van der Waals surface area contributed by atoms with Crippen molar-refractivity contribution in [1.29, 1.82) is 0 Å². The molecule has 0 N–H and O–H groups in total. The maximum Gasteiger partial charge on any atom is 0.419 e. The fraction of sp³-hybridized carbons (Fsp3) is 0.588. The Morgan fingerprint density at radius 1 is 1.33 bits per heavy atom. The minimum absolute atomic E-state index is 0.219. The zero-order valence-corrected chi connectivity index (χ0v) is 15.2. The summed E-state index contributed by atoms with van der Waals surface area (Å²) in [6.07, 6.45) is -4.09. The maximum absolute atomic E-state index is 13.1. The molecule has 27 heavy (non-hydrogen) atoms. The molecule has 1 heterocycles. The number of amides is 1. The lowest BCUT2D eigenvalue weighted by molar-refractivity contribution is -0.385. The van der Waals surface area contributed by atoms with Crippen molar-refractivity contribution < 1.29 is 32.4 Å². The van der Waals surface area contributed by atoms with E-state index in [-0.39, 0.29) is 6.61 Å². The number of hydrogen-bond donors (Lipinski definition) is 0. The number of benzene rings is 1. The molecule has 1 fully saturated rings. The molecule has 2 rings (SSSR count). The average molecular weight is 390 g/mol. The highest BCUT2D eigenvalue weighted by atomic mass is 19.4. The first-order valence-corrected chi connectivity index (χ1v) is 8.36. The number of nitrogens with zero attached hydrogens (tertiary/aromatic N) is 2.